The topological polar surface area (TPSA) is 57.5 Å². The van der Waals surface area contributed by atoms with Crippen LogP contribution in [0.25, 0.3) is 0 Å². The molecule has 0 spiro atoms. The van der Waals surface area contributed by atoms with Crippen LogP contribution in [0.15, 0.2) is 78.3 Å². The van der Waals surface area contributed by atoms with Crippen LogP contribution in [0.3, 0.4) is 0 Å². The van der Waals surface area contributed by atoms with Crippen LogP contribution in [0, 0.1) is 0 Å². The zero-order valence-electron chi connectivity index (χ0n) is 17.2. The average molecular weight is 516 g/mol. The van der Waals surface area contributed by atoms with Crippen LogP contribution in [-0.4, -0.2) is 41.7 Å². The first-order chi connectivity index (χ1) is 14.3. The second-order valence-electron chi connectivity index (χ2n) is 7.39. The molecule has 1 atom stereocenters. The lowest BCUT2D eigenvalue weighted by Gasteiger charge is -2.20. The second-order valence-corrected chi connectivity index (χ2v) is 7.39. The normalized spacial score (nSPS) is 16.2. The molecule has 2 heterocycles. The molecule has 0 saturated carbocycles. The van der Waals surface area contributed by atoms with E-state index in [1.165, 1.54) is 16.8 Å². The molecule has 2 aromatic carbocycles. The van der Waals surface area contributed by atoms with Crippen molar-refractivity contribution < 1.29 is 0 Å². The number of nitrogens with one attached hydrogen (secondary N) is 2. The van der Waals surface area contributed by atoms with Crippen molar-refractivity contribution in [3.8, 4) is 0 Å². The van der Waals surface area contributed by atoms with E-state index in [4.69, 9.17) is 0 Å². The van der Waals surface area contributed by atoms with Crippen LogP contribution in [0.2, 0.25) is 0 Å². The highest BCUT2D eigenvalue weighted by Crippen LogP contribution is 2.19. The highest BCUT2D eigenvalue weighted by Gasteiger charge is 2.23. The summed E-state index contributed by atoms with van der Waals surface area (Å²) in [5, 5.41) is 7.00. The third kappa shape index (κ3) is 5.98. The highest BCUT2D eigenvalue weighted by molar-refractivity contribution is 14.0. The molecule has 2 N–H and O–H groups in total. The van der Waals surface area contributed by atoms with E-state index in [1.54, 1.807) is 6.20 Å². The van der Waals surface area contributed by atoms with Crippen molar-refractivity contribution in [3.05, 3.63) is 84.4 Å². The largest absolute Gasteiger partial charge is 0.369 e. The summed E-state index contributed by atoms with van der Waals surface area (Å²) in [6.07, 6.45) is 6.74. The zero-order chi connectivity index (χ0) is 19.9. The molecule has 4 rings (SSSR count). The van der Waals surface area contributed by atoms with Gasteiger partial charge >= 0.3 is 0 Å². The van der Waals surface area contributed by atoms with Crippen molar-refractivity contribution >= 4 is 35.6 Å². The number of para-hydroxylation sites is 1. The Balaban J connectivity index is 0.00000256. The Bertz CT molecular complexity index is 909. The van der Waals surface area contributed by atoms with Gasteiger partial charge in [-0.1, -0.05) is 42.5 Å². The first kappa shape index (κ1) is 22.1. The number of hydrogen-bond donors (Lipinski definition) is 2. The number of guanidine groups is 1. The Morgan fingerprint density at radius 2 is 1.87 bits per heavy atom. The molecule has 3 aromatic rings. The fourth-order valence-electron chi connectivity index (χ4n) is 3.68. The van der Waals surface area contributed by atoms with E-state index in [9.17, 15) is 0 Å². The quantitative estimate of drug-likeness (QED) is 0.299. The van der Waals surface area contributed by atoms with Gasteiger partial charge in [-0.3, -0.25) is 4.99 Å². The average Bonchev–Trinajstić information content (AvgIpc) is 3.45. The Hall–Kier alpha value is -2.55. The summed E-state index contributed by atoms with van der Waals surface area (Å²) in [7, 11) is 1.83. The van der Waals surface area contributed by atoms with Gasteiger partial charge in [0.1, 0.15) is 0 Å². The molecule has 1 fully saturated rings. The van der Waals surface area contributed by atoms with Crippen molar-refractivity contribution in [2.75, 3.05) is 25.0 Å². The van der Waals surface area contributed by atoms with Crippen molar-refractivity contribution in [2.45, 2.75) is 25.6 Å². The number of hydrogen-bond acceptors (Lipinski definition) is 3. The van der Waals surface area contributed by atoms with Gasteiger partial charge in [-0.05, 0) is 29.7 Å². The molecule has 158 valence electrons. The maximum atomic E-state index is 4.40. The van der Waals surface area contributed by atoms with Gasteiger partial charge in [0.25, 0.3) is 0 Å². The van der Waals surface area contributed by atoms with Gasteiger partial charge < -0.3 is 20.1 Å². The number of benzene rings is 2. The van der Waals surface area contributed by atoms with E-state index in [2.05, 4.69) is 84.7 Å². The summed E-state index contributed by atoms with van der Waals surface area (Å²) in [6, 6.07) is 19.7. The highest BCUT2D eigenvalue weighted by atomic mass is 127. The van der Waals surface area contributed by atoms with Gasteiger partial charge in [-0.15, -0.1) is 24.0 Å². The molecular formula is C23H29IN6. The molecule has 0 radical (unpaired) electrons. The third-order valence-corrected chi connectivity index (χ3v) is 5.28. The minimum absolute atomic E-state index is 0. The van der Waals surface area contributed by atoms with Crippen LogP contribution in [0.4, 0.5) is 5.69 Å². The third-order valence-electron chi connectivity index (χ3n) is 5.28. The van der Waals surface area contributed by atoms with E-state index in [0.717, 1.165) is 38.6 Å². The van der Waals surface area contributed by atoms with Crippen molar-refractivity contribution in [3.63, 3.8) is 0 Å². The molecular weight excluding hydrogens is 487 g/mol. The molecule has 6 nitrogen and oxygen atoms in total. The zero-order valence-corrected chi connectivity index (χ0v) is 19.6. The van der Waals surface area contributed by atoms with Crippen molar-refractivity contribution in [2.24, 2.45) is 4.99 Å². The van der Waals surface area contributed by atoms with Gasteiger partial charge in [0.2, 0.25) is 0 Å². The van der Waals surface area contributed by atoms with E-state index >= 15 is 0 Å². The van der Waals surface area contributed by atoms with Gasteiger partial charge in [0, 0.05) is 57.3 Å². The Morgan fingerprint density at radius 3 is 2.57 bits per heavy atom. The molecule has 30 heavy (non-hydrogen) atoms. The number of aromatic nitrogens is 2. The fraction of sp³-hybridized carbons (Fsp3) is 0.304. The van der Waals surface area contributed by atoms with E-state index < -0.39 is 0 Å². The number of imidazole rings is 1. The number of rotatable bonds is 6. The second kappa shape index (κ2) is 11.0. The fourth-order valence-corrected chi connectivity index (χ4v) is 3.68. The van der Waals surface area contributed by atoms with E-state index in [-0.39, 0.29) is 24.0 Å². The minimum atomic E-state index is 0. The maximum absolute atomic E-state index is 4.40. The van der Waals surface area contributed by atoms with E-state index in [0.29, 0.717) is 6.04 Å². The van der Waals surface area contributed by atoms with Crippen LogP contribution in [0.1, 0.15) is 17.5 Å². The molecule has 1 saturated heterocycles. The molecule has 0 bridgehead atoms. The Morgan fingerprint density at radius 1 is 1.10 bits per heavy atom. The van der Waals surface area contributed by atoms with Crippen LogP contribution in [-0.2, 0) is 13.1 Å². The number of aliphatic imine (C=N–C) groups is 1. The number of nitrogens with zero attached hydrogens (tertiary/aromatic N) is 4. The summed E-state index contributed by atoms with van der Waals surface area (Å²) in [4.78, 5) is 10.9. The molecule has 7 heteroatoms. The van der Waals surface area contributed by atoms with Gasteiger partial charge in [0.05, 0.1) is 6.33 Å². The smallest absolute Gasteiger partial charge is 0.191 e. The maximum Gasteiger partial charge on any atom is 0.191 e. The van der Waals surface area contributed by atoms with Crippen LogP contribution >= 0.6 is 24.0 Å². The Labute approximate surface area is 195 Å². The SMILES string of the molecule is CN=C(NCc1ccc(Cn2ccnc2)cc1)NC1CCN(c2ccccc2)C1.I. The standard InChI is InChI=1S/C23H28N6.HI/c1-24-23(27-21-11-13-29(17-21)22-5-3-2-4-6-22)26-15-19-7-9-20(10-8-19)16-28-14-12-25-18-28;/h2-10,12,14,18,21H,11,13,15-17H2,1H3,(H2,24,26,27);1H. The minimum Gasteiger partial charge on any atom is -0.369 e. The van der Waals surface area contributed by atoms with Crippen LogP contribution in [0.5, 0.6) is 0 Å². The lowest BCUT2D eigenvalue weighted by molar-refractivity contribution is 0.648. The van der Waals surface area contributed by atoms with Crippen molar-refractivity contribution in [1.29, 1.82) is 0 Å². The van der Waals surface area contributed by atoms with Gasteiger partial charge in [-0.2, -0.15) is 0 Å². The predicted molar refractivity (Wildman–Crippen MR) is 134 cm³/mol. The predicted octanol–water partition coefficient (Wildman–Crippen LogP) is 3.49. The van der Waals surface area contributed by atoms with Crippen LogP contribution < -0.4 is 15.5 Å². The number of halogens is 1. The first-order valence-corrected chi connectivity index (χ1v) is 10.1. The Kier molecular flexibility index (Phi) is 8.12. The van der Waals surface area contributed by atoms with Gasteiger partial charge in [0.15, 0.2) is 5.96 Å². The molecule has 0 aliphatic carbocycles. The summed E-state index contributed by atoms with van der Waals surface area (Å²) >= 11 is 0. The lowest BCUT2D eigenvalue weighted by atomic mass is 10.1. The molecule has 1 aliphatic rings. The molecule has 1 aliphatic heterocycles. The first-order valence-electron chi connectivity index (χ1n) is 10.1. The van der Waals surface area contributed by atoms with Crippen molar-refractivity contribution in [1.82, 2.24) is 20.2 Å². The summed E-state index contributed by atoms with van der Waals surface area (Å²) < 4.78 is 2.07. The number of anilines is 1. The summed E-state index contributed by atoms with van der Waals surface area (Å²) in [6.45, 7) is 3.65. The van der Waals surface area contributed by atoms with E-state index in [1.807, 2.05) is 19.6 Å². The molecule has 1 aromatic heterocycles. The lowest BCUT2D eigenvalue weighted by Crippen LogP contribution is -2.44. The molecule has 0 amide bonds. The molecule has 1 unspecified atom stereocenters. The summed E-state index contributed by atoms with van der Waals surface area (Å²) in [5.74, 6) is 0.854. The monoisotopic (exact) mass is 516 g/mol. The summed E-state index contributed by atoms with van der Waals surface area (Å²) in [5.41, 5.74) is 3.79. The van der Waals surface area contributed by atoms with Gasteiger partial charge in [-0.25, -0.2) is 4.98 Å².